The number of aryl methyl sites for hydroxylation is 1. The molecule has 0 aliphatic rings. The van der Waals surface area contributed by atoms with E-state index in [2.05, 4.69) is 20.8 Å². The van der Waals surface area contributed by atoms with Crippen LogP contribution in [0.15, 0.2) is 60.9 Å². The van der Waals surface area contributed by atoms with Crippen LogP contribution in [0.5, 0.6) is 0 Å². The van der Waals surface area contributed by atoms with E-state index in [1.54, 1.807) is 26.8 Å². The summed E-state index contributed by atoms with van der Waals surface area (Å²) < 4.78 is 7.25. The lowest BCUT2D eigenvalue weighted by Gasteiger charge is -2.23. The number of aromatic nitrogens is 3. The van der Waals surface area contributed by atoms with E-state index in [1.165, 1.54) is 0 Å². The molecule has 0 aliphatic heterocycles. The minimum atomic E-state index is -0.826. The van der Waals surface area contributed by atoms with E-state index in [1.807, 2.05) is 66.5 Å². The van der Waals surface area contributed by atoms with Crippen LogP contribution in [-0.2, 0) is 23.0 Å². The molecule has 0 saturated heterocycles. The summed E-state index contributed by atoms with van der Waals surface area (Å²) >= 11 is 0. The van der Waals surface area contributed by atoms with Crippen molar-refractivity contribution < 1.29 is 18.9 Å². The van der Waals surface area contributed by atoms with Gasteiger partial charge in [-0.05, 0) is 26.3 Å². The van der Waals surface area contributed by atoms with Crippen LogP contribution in [0.1, 0.15) is 26.3 Å². The molecule has 2 aromatic heterocycles. The number of nitrogens with one attached hydrogen (secondary N) is 3. The average molecular weight is 423 g/mol. The molecule has 1 aromatic carbocycles. The Morgan fingerprint density at radius 1 is 1.13 bits per heavy atom. The standard InChI is InChI=1S/C23H27N5O3/c1-23(2,3)31-22(30)24-19(14-16-8-6-5-7-9-16)21(29)25-20-15-18(26-27-20)17-10-12-28(4)13-11-17/h5-13,15,19H,14H2,1-4H3,(H2,24,25,29,30)/p+1. The molecule has 3 N–H and O–H groups in total. The van der Waals surface area contributed by atoms with Gasteiger partial charge in [0.15, 0.2) is 18.2 Å². The van der Waals surface area contributed by atoms with E-state index in [9.17, 15) is 9.59 Å². The Bertz CT molecular complexity index is 1020. The van der Waals surface area contributed by atoms with Gasteiger partial charge in [0.05, 0.1) is 5.69 Å². The second-order valence-electron chi connectivity index (χ2n) is 8.30. The molecular weight excluding hydrogens is 394 g/mol. The van der Waals surface area contributed by atoms with E-state index in [0.29, 0.717) is 12.2 Å². The van der Waals surface area contributed by atoms with Gasteiger partial charge in [0, 0.05) is 30.2 Å². The molecule has 1 unspecified atom stereocenters. The van der Waals surface area contributed by atoms with Crippen LogP contribution in [0.3, 0.4) is 0 Å². The second-order valence-corrected chi connectivity index (χ2v) is 8.30. The SMILES string of the molecule is C[n+]1ccc(-c2cc(NC(=O)C(Cc3ccccc3)NC(=O)OC(C)(C)C)n[nH]2)cc1. The Morgan fingerprint density at radius 3 is 2.45 bits per heavy atom. The molecule has 0 spiro atoms. The molecule has 0 radical (unpaired) electrons. The molecule has 2 heterocycles. The largest absolute Gasteiger partial charge is 0.444 e. The number of alkyl carbamates (subject to hydrolysis) is 1. The molecule has 0 aliphatic carbocycles. The quantitative estimate of drug-likeness (QED) is 0.532. The van der Waals surface area contributed by atoms with Gasteiger partial charge in [-0.25, -0.2) is 9.36 Å². The maximum absolute atomic E-state index is 13.0. The number of pyridine rings is 1. The van der Waals surface area contributed by atoms with Crippen LogP contribution in [-0.4, -0.2) is 33.8 Å². The Morgan fingerprint density at radius 2 is 1.81 bits per heavy atom. The van der Waals surface area contributed by atoms with Gasteiger partial charge in [0.2, 0.25) is 5.91 Å². The fourth-order valence-electron chi connectivity index (χ4n) is 2.94. The highest BCUT2D eigenvalue weighted by Gasteiger charge is 2.25. The molecule has 0 saturated carbocycles. The number of aromatic amines is 1. The Labute approximate surface area is 181 Å². The number of nitrogens with zero attached hydrogens (tertiary/aromatic N) is 2. The number of carbonyl (C=O) groups is 2. The number of amides is 2. The number of anilines is 1. The number of H-pyrrole nitrogens is 1. The first kappa shape index (κ1) is 22.0. The van der Waals surface area contributed by atoms with Gasteiger partial charge >= 0.3 is 6.09 Å². The predicted molar refractivity (Wildman–Crippen MR) is 117 cm³/mol. The molecule has 162 valence electrons. The maximum atomic E-state index is 13.0. The number of hydrogen-bond donors (Lipinski definition) is 3. The molecule has 3 rings (SSSR count). The normalized spacial score (nSPS) is 12.1. The number of rotatable bonds is 6. The third-order valence-electron chi connectivity index (χ3n) is 4.41. The smallest absolute Gasteiger partial charge is 0.408 e. The van der Waals surface area contributed by atoms with Crippen LogP contribution < -0.4 is 15.2 Å². The molecule has 31 heavy (non-hydrogen) atoms. The van der Waals surface area contributed by atoms with Gasteiger partial charge in [-0.3, -0.25) is 9.89 Å². The zero-order chi connectivity index (χ0) is 22.4. The fraction of sp³-hybridized carbons (Fsp3) is 0.304. The van der Waals surface area contributed by atoms with E-state index < -0.39 is 17.7 Å². The summed E-state index contributed by atoms with van der Waals surface area (Å²) in [7, 11) is 1.94. The summed E-state index contributed by atoms with van der Waals surface area (Å²) in [5.74, 6) is -0.00972. The van der Waals surface area contributed by atoms with Crippen molar-refractivity contribution >= 4 is 17.8 Å². The summed E-state index contributed by atoms with van der Waals surface area (Å²) in [6.07, 6.45) is 3.52. The summed E-state index contributed by atoms with van der Waals surface area (Å²) in [4.78, 5) is 25.3. The number of ether oxygens (including phenoxy) is 1. The van der Waals surface area contributed by atoms with Crippen molar-refractivity contribution in [1.82, 2.24) is 15.5 Å². The highest BCUT2D eigenvalue weighted by molar-refractivity contribution is 5.96. The zero-order valence-corrected chi connectivity index (χ0v) is 18.2. The van der Waals surface area contributed by atoms with Crippen molar-refractivity contribution in [2.75, 3.05) is 5.32 Å². The van der Waals surface area contributed by atoms with Crippen molar-refractivity contribution in [1.29, 1.82) is 0 Å². The van der Waals surface area contributed by atoms with E-state index in [4.69, 9.17) is 4.74 Å². The molecule has 0 fully saturated rings. The monoisotopic (exact) mass is 422 g/mol. The molecule has 8 nitrogen and oxygen atoms in total. The van der Waals surface area contributed by atoms with Crippen molar-refractivity contribution in [2.24, 2.45) is 7.05 Å². The minimum Gasteiger partial charge on any atom is -0.444 e. The van der Waals surface area contributed by atoms with E-state index >= 15 is 0 Å². The van der Waals surface area contributed by atoms with Crippen LogP contribution in [0.4, 0.5) is 10.6 Å². The van der Waals surface area contributed by atoms with Gasteiger partial charge in [-0.1, -0.05) is 30.3 Å². The topological polar surface area (TPSA) is 100.0 Å². The van der Waals surface area contributed by atoms with Crippen LogP contribution in [0, 0.1) is 0 Å². The third-order valence-corrected chi connectivity index (χ3v) is 4.41. The molecular formula is C23H28N5O3+. The highest BCUT2D eigenvalue weighted by Crippen LogP contribution is 2.18. The van der Waals surface area contributed by atoms with Gasteiger partial charge in [-0.15, -0.1) is 0 Å². The highest BCUT2D eigenvalue weighted by atomic mass is 16.6. The Balaban J connectivity index is 1.73. The molecule has 3 aromatic rings. The lowest BCUT2D eigenvalue weighted by Crippen LogP contribution is -2.47. The first-order chi connectivity index (χ1) is 14.7. The van der Waals surface area contributed by atoms with Crippen molar-refractivity contribution in [2.45, 2.75) is 38.8 Å². The number of benzene rings is 1. The third kappa shape index (κ3) is 6.67. The summed E-state index contributed by atoms with van der Waals surface area (Å²) in [6, 6.07) is 14.3. The van der Waals surface area contributed by atoms with E-state index in [-0.39, 0.29) is 5.91 Å². The van der Waals surface area contributed by atoms with Gasteiger partial charge in [0.25, 0.3) is 0 Å². The first-order valence-corrected chi connectivity index (χ1v) is 10.0. The number of hydrogen-bond acceptors (Lipinski definition) is 4. The molecule has 1 atom stereocenters. The summed E-state index contributed by atoms with van der Waals surface area (Å²) in [6.45, 7) is 5.31. The molecule has 2 amide bonds. The molecule has 0 bridgehead atoms. The molecule has 8 heteroatoms. The maximum Gasteiger partial charge on any atom is 0.408 e. The lowest BCUT2D eigenvalue weighted by atomic mass is 10.1. The Kier molecular flexibility index (Phi) is 6.69. The van der Waals surface area contributed by atoms with E-state index in [0.717, 1.165) is 16.8 Å². The van der Waals surface area contributed by atoms with Crippen molar-refractivity contribution in [3.05, 3.63) is 66.5 Å². The van der Waals surface area contributed by atoms with Gasteiger partial charge in [-0.2, -0.15) is 5.10 Å². The zero-order valence-electron chi connectivity index (χ0n) is 18.2. The second kappa shape index (κ2) is 9.42. The number of carbonyl (C=O) groups excluding carboxylic acids is 2. The summed E-state index contributed by atoms with van der Waals surface area (Å²) in [5, 5.41) is 12.5. The van der Waals surface area contributed by atoms with Crippen molar-refractivity contribution in [3.63, 3.8) is 0 Å². The fourth-order valence-corrected chi connectivity index (χ4v) is 2.94. The van der Waals surface area contributed by atoms with Gasteiger partial charge in [0.1, 0.15) is 18.7 Å². The first-order valence-electron chi connectivity index (χ1n) is 10.0. The van der Waals surface area contributed by atoms with Crippen LogP contribution >= 0.6 is 0 Å². The van der Waals surface area contributed by atoms with Crippen LogP contribution in [0.25, 0.3) is 11.3 Å². The minimum absolute atomic E-state index is 0.318. The summed E-state index contributed by atoms with van der Waals surface area (Å²) in [5.41, 5.74) is 1.97. The van der Waals surface area contributed by atoms with Crippen LogP contribution in [0.2, 0.25) is 0 Å². The van der Waals surface area contributed by atoms with Crippen molar-refractivity contribution in [3.8, 4) is 11.3 Å². The Hall–Kier alpha value is -3.68. The average Bonchev–Trinajstić information content (AvgIpc) is 3.16. The lowest BCUT2D eigenvalue weighted by molar-refractivity contribution is -0.671. The predicted octanol–water partition coefficient (Wildman–Crippen LogP) is 2.98. The van der Waals surface area contributed by atoms with Gasteiger partial charge < -0.3 is 15.4 Å².